The molecular formula is C72H59ClF12N12O3. The largest absolute Gasteiger partial charge is 0.417 e. The summed E-state index contributed by atoms with van der Waals surface area (Å²) in [5.74, 6) is -1.63. The predicted molar refractivity (Wildman–Crippen MR) is 339 cm³/mol. The van der Waals surface area contributed by atoms with Crippen molar-refractivity contribution in [3.8, 4) is 34.2 Å². The lowest BCUT2D eigenvalue weighted by Gasteiger charge is -2.25. The van der Waals surface area contributed by atoms with Crippen molar-refractivity contribution >= 4 is 29.3 Å². The number of benzene rings is 3. The minimum Gasteiger partial charge on any atom is -0.332 e. The van der Waals surface area contributed by atoms with Crippen LogP contribution in [0.5, 0.6) is 0 Å². The van der Waals surface area contributed by atoms with Crippen LogP contribution in [0.15, 0.2) is 159 Å². The molecule has 6 fully saturated rings. The van der Waals surface area contributed by atoms with Crippen molar-refractivity contribution in [1.29, 1.82) is 0 Å². The molecule has 15 rings (SSSR count). The molecule has 3 aromatic carbocycles. The summed E-state index contributed by atoms with van der Waals surface area (Å²) in [7, 11) is 0. The maximum Gasteiger partial charge on any atom is 0.417 e. The fraction of sp³-hybridized carbons (Fsp3) is 0.333. The molecular weight excluding hydrogens is 1340 g/mol. The van der Waals surface area contributed by atoms with Crippen LogP contribution in [0.25, 0.3) is 34.2 Å². The van der Waals surface area contributed by atoms with E-state index in [0.29, 0.717) is 75.9 Å². The van der Waals surface area contributed by atoms with Crippen LogP contribution in [-0.4, -0.2) is 114 Å². The number of hydrogen-bond donors (Lipinski definition) is 0. The normalized spacial score (nSPS) is 22.0. The van der Waals surface area contributed by atoms with E-state index in [9.17, 15) is 67.1 Å². The van der Waals surface area contributed by atoms with E-state index in [-0.39, 0.29) is 94.5 Å². The first kappa shape index (κ1) is 68.7. The summed E-state index contributed by atoms with van der Waals surface area (Å²) in [6, 6.07) is 25.3. The van der Waals surface area contributed by atoms with Gasteiger partial charge in [0, 0.05) is 89.9 Å². The molecule has 0 N–H and O–H groups in total. The summed E-state index contributed by atoms with van der Waals surface area (Å²) < 4.78 is 157. The Balaban J connectivity index is 0.000000134. The first-order valence-corrected chi connectivity index (χ1v) is 32.7. The molecule has 9 unspecified atom stereocenters. The SMILES string of the molecule is O=C(c1cccc(Cl)c1-c1ncccn1)N1C2CCC1C(Cc1ccc(C(F)(F)F)cn1)C2.O=C(c1cccc(F)c1-c1ncc(F)cn1)N1C2CCC1C(Cc1ccc(C(F)(F)F)cn1)C2.O=C(c1ccccc1-c1ncc(F)cn1)N1C2CCC1C(Cc1ccc(C(F)(F)F)cn1)C2. The first-order chi connectivity index (χ1) is 47.9. The third-order valence-corrected chi connectivity index (χ3v) is 20.0. The molecule has 0 aliphatic carbocycles. The molecule has 516 valence electrons. The molecule has 15 nitrogen and oxygen atoms in total. The van der Waals surface area contributed by atoms with Crippen molar-refractivity contribution in [2.24, 2.45) is 17.8 Å². The molecule has 6 aromatic heterocycles. The van der Waals surface area contributed by atoms with E-state index in [1.807, 2.05) is 9.80 Å². The van der Waals surface area contributed by atoms with Gasteiger partial charge in [0.1, 0.15) is 5.82 Å². The Bertz CT molecular complexity index is 4450. The summed E-state index contributed by atoms with van der Waals surface area (Å²) in [6.07, 6.45) is 5.30. The van der Waals surface area contributed by atoms with Crippen LogP contribution in [0, 0.1) is 35.2 Å². The van der Waals surface area contributed by atoms with Crippen LogP contribution in [0.1, 0.15) is 123 Å². The summed E-state index contributed by atoms with van der Waals surface area (Å²) >= 11 is 6.44. The van der Waals surface area contributed by atoms with E-state index in [2.05, 4.69) is 44.9 Å². The Hall–Kier alpha value is -9.79. The van der Waals surface area contributed by atoms with Gasteiger partial charge < -0.3 is 14.7 Å². The maximum atomic E-state index is 14.7. The third kappa shape index (κ3) is 14.4. The second-order valence-electron chi connectivity index (χ2n) is 25.6. The van der Waals surface area contributed by atoms with Gasteiger partial charge in [-0.15, -0.1) is 0 Å². The zero-order valence-electron chi connectivity index (χ0n) is 52.7. The summed E-state index contributed by atoms with van der Waals surface area (Å²) in [6.45, 7) is 0. The smallest absolute Gasteiger partial charge is 0.332 e. The second kappa shape index (κ2) is 28.1. The van der Waals surface area contributed by atoms with E-state index in [1.165, 1.54) is 36.4 Å². The Morgan fingerprint density at radius 3 is 1.17 bits per heavy atom. The number of rotatable bonds is 12. The van der Waals surface area contributed by atoms with Crippen molar-refractivity contribution in [1.82, 2.24) is 59.6 Å². The maximum absolute atomic E-state index is 14.7. The van der Waals surface area contributed by atoms with Gasteiger partial charge >= 0.3 is 18.5 Å². The Morgan fingerprint density at radius 1 is 0.390 bits per heavy atom. The first-order valence-electron chi connectivity index (χ1n) is 32.3. The quantitative estimate of drug-likeness (QED) is 0.106. The topological polar surface area (TPSA) is 177 Å². The highest BCUT2D eigenvalue weighted by Crippen LogP contribution is 2.48. The molecule has 28 heteroatoms. The number of fused-ring (bicyclic) bond motifs is 6. The lowest BCUT2D eigenvalue weighted by molar-refractivity contribution is -0.138. The summed E-state index contributed by atoms with van der Waals surface area (Å²) in [4.78, 5) is 82.7. The Labute approximate surface area is 569 Å². The zero-order valence-corrected chi connectivity index (χ0v) is 53.5. The van der Waals surface area contributed by atoms with Gasteiger partial charge in [-0.3, -0.25) is 29.3 Å². The minimum atomic E-state index is -4.45. The van der Waals surface area contributed by atoms with Crippen LogP contribution in [0.3, 0.4) is 0 Å². The molecule has 3 amide bonds. The molecule has 6 aliphatic heterocycles. The Kier molecular flexibility index (Phi) is 19.3. The van der Waals surface area contributed by atoms with Gasteiger partial charge in [0.25, 0.3) is 17.7 Å². The number of hydrogen-bond acceptors (Lipinski definition) is 12. The number of carbonyl (C=O) groups excluding carboxylic acids is 3. The van der Waals surface area contributed by atoms with Gasteiger partial charge in [-0.25, -0.2) is 43.1 Å². The molecule has 6 aliphatic rings. The van der Waals surface area contributed by atoms with Crippen LogP contribution in [-0.2, 0) is 37.8 Å². The minimum absolute atomic E-state index is 0.00575. The monoisotopic (exact) mass is 1400 g/mol. The van der Waals surface area contributed by atoms with Gasteiger partial charge in [0.15, 0.2) is 29.1 Å². The second-order valence-corrected chi connectivity index (χ2v) is 26.0. The number of pyridine rings is 3. The van der Waals surface area contributed by atoms with Gasteiger partial charge in [-0.05, 0) is 168 Å². The predicted octanol–water partition coefficient (Wildman–Crippen LogP) is 15.5. The van der Waals surface area contributed by atoms with Crippen LogP contribution in [0.4, 0.5) is 52.7 Å². The van der Waals surface area contributed by atoms with Crippen molar-refractivity contribution < 1.29 is 67.1 Å². The van der Waals surface area contributed by atoms with Crippen molar-refractivity contribution in [3.05, 3.63) is 232 Å². The molecule has 12 heterocycles. The van der Waals surface area contributed by atoms with Gasteiger partial charge in [0.2, 0.25) is 0 Å². The van der Waals surface area contributed by atoms with Crippen LogP contribution < -0.4 is 0 Å². The number of halogens is 13. The molecule has 0 spiro atoms. The van der Waals surface area contributed by atoms with Gasteiger partial charge in [0.05, 0.1) is 74.3 Å². The average molecular weight is 1400 g/mol. The lowest BCUT2D eigenvalue weighted by atomic mass is 9.86. The van der Waals surface area contributed by atoms with Crippen molar-refractivity contribution in [2.75, 3.05) is 0 Å². The van der Waals surface area contributed by atoms with Gasteiger partial charge in [-0.1, -0.05) is 41.9 Å². The van der Waals surface area contributed by atoms with Crippen LogP contribution in [0.2, 0.25) is 5.02 Å². The standard InChI is InChI=1S/C24H20ClF3N4O.C24H19F5N4O.C24H20F4N4O/c25-19-4-1-3-18(21(19)22-29-9-2-10-30-22)23(33)32-17-7-8-20(32)14(12-17)11-16-6-5-15(13-31-16)24(26,27)28;25-15-11-31-22(32-12-15)21-18(2-1-3-19(21)26)23(34)33-17-6-7-20(33)13(9-17)8-16-5-4-14(10-30-16)24(27,28)29;25-16-12-30-22(31-13-16)19-3-1-2-4-20(19)23(33)32-18-7-8-21(32)14(10-18)9-17-6-5-15(11-29-17)24(26,27)28/h1-6,9-10,13-14,17,20H,7-8,11-12H2;1-5,10-13,17,20H,6-9H2;1-6,11-14,18,21H,7-10H2. The summed E-state index contributed by atoms with van der Waals surface area (Å²) in [5.41, 5.74) is 1.37. The zero-order chi connectivity index (χ0) is 70.4. The van der Waals surface area contributed by atoms with E-state index in [4.69, 9.17) is 11.6 Å². The highest BCUT2D eigenvalue weighted by molar-refractivity contribution is 6.34. The lowest BCUT2D eigenvalue weighted by Crippen LogP contribution is -2.37. The summed E-state index contributed by atoms with van der Waals surface area (Å²) in [5, 5.41) is 0.407. The number of nitrogens with zero attached hydrogens (tertiary/aromatic N) is 12. The molecule has 6 bridgehead atoms. The highest BCUT2D eigenvalue weighted by atomic mass is 35.5. The molecule has 6 saturated heterocycles. The molecule has 9 aromatic rings. The fourth-order valence-electron chi connectivity index (χ4n) is 15.4. The van der Waals surface area contributed by atoms with E-state index < -0.39 is 52.7 Å². The Morgan fingerprint density at radius 2 is 0.760 bits per heavy atom. The van der Waals surface area contributed by atoms with Crippen molar-refractivity contribution in [2.45, 2.75) is 132 Å². The molecule has 0 radical (unpaired) electrons. The number of alkyl halides is 9. The number of aromatic nitrogens is 9. The van der Waals surface area contributed by atoms with E-state index >= 15 is 0 Å². The third-order valence-electron chi connectivity index (χ3n) is 19.7. The fourth-order valence-corrected chi connectivity index (χ4v) is 15.6. The highest BCUT2D eigenvalue weighted by Gasteiger charge is 2.52. The van der Waals surface area contributed by atoms with E-state index in [1.54, 1.807) is 65.8 Å². The van der Waals surface area contributed by atoms with Crippen molar-refractivity contribution in [3.63, 3.8) is 0 Å². The number of amides is 3. The average Bonchev–Trinajstić information content (AvgIpc) is 1.60. The molecule has 100 heavy (non-hydrogen) atoms. The van der Waals surface area contributed by atoms with Gasteiger partial charge in [-0.2, -0.15) is 39.5 Å². The molecule has 9 atom stereocenters. The molecule has 0 saturated carbocycles. The van der Waals surface area contributed by atoms with Crippen LogP contribution >= 0.6 is 11.6 Å². The number of carbonyl (C=O) groups is 3. The van der Waals surface area contributed by atoms with E-state index in [0.717, 1.165) is 113 Å².